The summed E-state index contributed by atoms with van der Waals surface area (Å²) in [4.78, 5) is 11.3. The van der Waals surface area contributed by atoms with Crippen molar-refractivity contribution in [1.82, 2.24) is 0 Å². The van der Waals surface area contributed by atoms with E-state index in [4.69, 9.17) is 4.74 Å². The first-order chi connectivity index (χ1) is 6.56. The van der Waals surface area contributed by atoms with Gasteiger partial charge in [-0.05, 0) is 6.42 Å². The molecule has 0 unspecified atom stereocenters. The normalized spacial score (nSPS) is 27.8. The van der Waals surface area contributed by atoms with Crippen LogP contribution in [0.25, 0.3) is 0 Å². The summed E-state index contributed by atoms with van der Waals surface area (Å²) in [5, 5.41) is 9.66. The molecule has 1 heterocycles. The Morgan fingerprint density at radius 1 is 1.50 bits per heavy atom. The lowest BCUT2D eigenvalue weighted by Crippen LogP contribution is -2.23. The van der Waals surface area contributed by atoms with E-state index in [1.54, 1.807) is 0 Å². The first-order valence-electron chi connectivity index (χ1n) is 5.42. The predicted molar refractivity (Wildman–Crippen MR) is 54.0 cm³/mol. The van der Waals surface area contributed by atoms with Crippen molar-refractivity contribution in [3.8, 4) is 0 Å². The van der Waals surface area contributed by atoms with Crippen molar-refractivity contribution in [1.29, 1.82) is 0 Å². The average molecular weight is 200 g/mol. The van der Waals surface area contributed by atoms with Crippen molar-refractivity contribution in [3.63, 3.8) is 0 Å². The van der Waals surface area contributed by atoms with Crippen LogP contribution in [0, 0.1) is 5.92 Å². The lowest BCUT2D eigenvalue weighted by Gasteiger charge is -2.08. The summed E-state index contributed by atoms with van der Waals surface area (Å²) >= 11 is 0. The van der Waals surface area contributed by atoms with Crippen molar-refractivity contribution < 1.29 is 14.6 Å². The molecule has 1 rings (SSSR count). The molecule has 1 aliphatic rings. The fourth-order valence-corrected chi connectivity index (χ4v) is 1.57. The molecule has 1 aliphatic heterocycles. The van der Waals surface area contributed by atoms with Crippen LogP contribution in [0.3, 0.4) is 0 Å². The van der Waals surface area contributed by atoms with Gasteiger partial charge in [-0.25, -0.2) is 0 Å². The molecule has 1 N–H and O–H groups in total. The molecule has 3 nitrogen and oxygen atoms in total. The summed E-state index contributed by atoms with van der Waals surface area (Å²) in [6, 6.07) is 0. The van der Waals surface area contributed by atoms with Crippen LogP contribution in [0.2, 0.25) is 0 Å². The fraction of sp³-hybridized carbons (Fsp3) is 0.909. The Bertz CT molecular complexity index is 201. The number of ketones is 1. The first kappa shape index (κ1) is 11.7. The fourth-order valence-electron chi connectivity index (χ4n) is 1.57. The van der Waals surface area contributed by atoms with Crippen LogP contribution in [-0.2, 0) is 9.53 Å². The van der Waals surface area contributed by atoms with Crippen LogP contribution in [0.1, 0.15) is 40.0 Å². The van der Waals surface area contributed by atoms with E-state index in [1.165, 1.54) is 0 Å². The molecule has 1 saturated heterocycles. The Labute approximate surface area is 85.5 Å². The van der Waals surface area contributed by atoms with Crippen LogP contribution >= 0.6 is 0 Å². The number of aliphatic hydroxyl groups excluding tert-OH is 1. The molecular formula is C11H20O3. The number of carbonyl (C=O) groups is 1. The number of hydrogen-bond donors (Lipinski definition) is 1. The maximum absolute atomic E-state index is 11.3. The lowest BCUT2D eigenvalue weighted by atomic mass is 10.00. The van der Waals surface area contributed by atoms with Crippen molar-refractivity contribution in [3.05, 3.63) is 0 Å². The van der Waals surface area contributed by atoms with Gasteiger partial charge in [0.05, 0.1) is 12.2 Å². The molecule has 14 heavy (non-hydrogen) atoms. The monoisotopic (exact) mass is 200 g/mol. The highest BCUT2D eigenvalue weighted by Crippen LogP contribution is 2.30. The highest BCUT2D eigenvalue weighted by atomic mass is 16.6. The van der Waals surface area contributed by atoms with E-state index in [2.05, 4.69) is 6.92 Å². The molecule has 0 aliphatic carbocycles. The third kappa shape index (κ3) is 3.07. The SMILES string of the molecule is CCC[C@H]1O[C@@H]1[C@H](O)CC(=O)C(C)C. The van der Waals surface area contributed by atoms with Crippen LogP contribution in [-0.4, -0.2) is 29.2 Å². The number of rotatable bonds is 6. The van der Waals surface area contributed by atoms with E-state index >= 15 is 0 Å². The van der Waals surface area contributed by atoms with Gasteiger partial charge in [0, 0.05) is 12.3 Å². The standard InChI is InChI=1S/C11H20O3/c1-4-5-10-11(14-10)9(13)6-8(12)7(2)3/h7,9-11,13H,4-6H2,1-3H3/t9-,10-,11-/m1/s1. The molecule has 0 aromatic carbocycles. The Morgan fingerprint density at radius 2 is 2.14 bits per heavy atom. The maximum Gasteiger partial charge on any atom is 0.138 e. The molecular weight excluding hydrogens is 180 g/mol. The van der Waals surface area contributed by atoms with Gasteiger partial charge in [-0.3, -0.25) is 4.79 Å². The van der Waals surface area contributed by atoms with Gasteiger partial charge >= 0.3 is 0 Å². The van der Waals surface area contributed by atoms with Crippen molar-refractivity contribution in [2.45, 2.75) is 58.3 Å². The minimum absolute atomic E-state index is 0.00743. The van der Waals surface area contributed by atoms with Gasteiger partial charge < -0.3 is 9.84 Å². The smallest absolute Gasteiger partial charge is 0.138 e. The number of hydrogen-bond acceptors (Lipinski definition) is 3. The summed E-state index contributed by atoms with van der Waals surface area (Å²) in [7, 11) is 0. The third-order valence-corrected chi connectivity index (χ3v) is 2.63. The van der Waals surface area contributed by atoms with E-state index in [-0.39, 0.29) is 30.3 Å². The Hall–Kier alpha value is -0.410. The summed E-state index contributed by atoms with van der Waals surface area (Å²) in [6.45, 7) is 5.79. The second-order valence-corrected chi connectivity index (χ2v) is 4.32. The molecule has 0 radical (unpaired) electrons. The number of epoxide rings is 1. The molecule has 0 saturated carbocycles. The summed E-state index contributed by atoms with van der Waals surface area (Å²) < 4.78 is 5.30. The van der Waals surface area contributed by atoms with Gasteiger partial charge in [-0.15, -0.1) is 0 Å². The summed E-state index contributed by atoms with van der Waals surface area (Å²) in [6.07, 6.45) is 1.79. The van der Waals surface area contributed by atoms with E-state index in [0.29, 0.717) is 0 Å². The molecule has 0 bridgehead atoms. The first-order valence-corrected chi connectivity index (χ1v) is 5.42. The molecule has 3 heteroatoms. The quantitative estimate of drug-likeness (QED) is 0.661. The van der Waals surface area contributed by atoms with Gasteiger partial charge in [0.1, 0.15) is 11.9 Å². The highest BCUT2D eigenvalue weighted by Gasteiger charge is 2.43. The molecule has 3 atom stereocenters. The largest absolute Gasteiger partial charge is 0.390 e. The van der Waals surface area contributed by atoms with Crippen LogP contribution in [0.4, 0.5) is 0 Å². The van der Waals surface area contributed by atoms with Gasteiger partial charge in [0.15, 0.2) is 0 Å². The minimum atomic E-state index is -0.596. The molecule has 0 amide bonds. The Morgan fingerprint density at radius 3 is 2.64 bits per heavy atom. The van der Waals surface area contributed by atoms with Crippen LogP contribution in [0.5, 0.6) is 0 Å². The summed E-state index contributed by atoms with van der Waals surface area (Å²) in [5.41, 5.74) is 0. The number of Topliss-reactive ketones (excluding diaryl/α,β-unsaturated/α-hetero) is 1. The van der Waals surface area contributed by atoms with Gasteiger partial charge in [-0.1, -0.05) is 27.2 Å². The number of aliphatic hydroxyl groups is 1. The van der Waals surface area contributed by atoms with Crippen molar-refractivity contribution in [2.24, 2.45) is 5.92 Å². The van der Waals surface area contributed by atoms with Crippen molar-refractivity contribution >= 4 is 5.78 Å². The van der Waals surface area contributed by atoms with Gasteiger partial charge in [0.2, 0.25) is 0 Å². The lowest BCUT2D eigenvalue weighted by molar-refractivity contribution is -0.124. The summed E-state index contributed by atoms with van der Waals surface area (Å²) in [5.74, 6) is 0.122. The van der Waals surface area contributed by atoms with Crippen molar-refractivity contribution in [2.75, 3.05) is 0 Å². The molecule has 1 fully saturated rings. The second-order valence-electron chi connectivity index (χ2n) is 4.32. The zero-order valence-corrected chi connectivity index (χ0v) is 9.19. The van der Waals surface area contributed by atoms with E-state index in [1.807, 2.05) is 13.8 Å². The zero-order valence-electron chi connectivity index (χ0n) is 9.19. The molecule has 0 spiro atoms. The maximum atomic E-state index is 11.3. The average Bonchev–Trinajstić information content (AvgIpc) is 2.84. The second kappa shape index (κ2) is 4.89. The Kier molecular flexibility index (Phi) is 4.08. The predicted octanol–water partition coefficient (Wildman–Crippen LogP) is 1.53. The van der Waals surface area contributed by atoms with E-state index in [9.17, 15) is 9.90 Å². The van der Waals surface area contributed by atoms with Gasteiger partial charge in [-0.2, -0.15) is 0 Å². The topological polar surface area (TPSA) is 49.8 Å². The molecule has 82 valence electrons. The molecule has 0 aromatic heterocycles. The third-order valence-electron chi connectivity index (χ3n) is 2.63. The number of ether oxygens (including phenoxy) is 1. The van der Waals surface area contributed by atoms with Crippen LogP contribution < -0.4 is 0 Å². The van der Waals surface area contributed by atoms with E-state index < -0.39 is 6.10 Å². The minimum Gasteiger partial charge on any atom is -0.390 e. The van der Waals surface area contributed by atoms with Crippen LogP contribution in [0.15, 0.2) is 0 Å². The van der Waals surface area contributed by atoms with Gasteiger partial charge in [0.25, 0.3) is 0 Å². The Balaban J connectivity index is 2.24. The van der Waals surface area contributed by atoms with E-state index in [0.717, 1.165) is 12.8 Å². The molecule has 0 aromatic rings. The zero-order chi connectivity index (χ0) is 10.7. The highest BCUT2D eigenvalue weighted by molar-refractivity contribution is 5.80. The number of carbonyl (C=O) groups excluding carboxylic acids is 1.